The number of hydrogen-bond acceptors (Lipinski definition) is 2. The lowest BCUT2D eigenvalue weighted by Crippen LogP contribution is -2.43. The summed E-state index contributed by atoms with van der Waals surface area (Å²) in [6, 6.07) is 5.32. The van der Waals surface area contributed by atoms with Gasteiger partial charge in [-0.3, -0.25) is 0 Å². The zero-order valence-corrected chi connectivity index (χ0v) is 10.7. The number of rotatable bonds is 2. The van der Waals surface area contributed by atoms with Crippen LogP contribution in [0.1, 0.15) is 19.8 Å². The lowest BCUT2D eigenvalue weighted by molar-refractivity contribution is 0.0556. The molecule has 0 spiro atoms. The highest BCUT2D eigenvalue weighted by molar-refractivity contribution is 6.34. The molecule has 16 heavy (non-hydrogen) atoms. The minimum atomic E-state index is -0.112. The van der Waals surface area contributed by atoms with Gasteiger partial charge in [-0.1, -0.05) is 23.2 Å². The predicted molar refractivity (Wildman–Crippen MR) is 67.6 cm³/mol. The van der Waals surface area contributed by atoms with Crippen LogP contribution in [-0.2, 0) is 0 Å². The highest BCUT2D eigenvalue weighted by Crippen LogP contribution is 2.30. The minimum Gasteiger partial charge on any atom is -0.487 e. The van der Waals surface area contributed by atoms with E-state index in [0.29, 0.717) is 10.0 Å². The maximum atomic E-state index is 6.00. The number of piperidine rings is 1. The Morgan fingerprint density at radius 2 is 1.69 bits per heavy atom. The third-order valence-corrected chi connectivity index (χ3v) is 3.30. The van der Waals surface area contributed by atoms with Crippen molar-refractivity contribution in [3.05, 3.63) is 28.2 Å². The van der Waals surface area contributed by atoms with Gasteiger partial charge in [0.25, 0.3) is 0 Å². The fourth-order valence-electron chi connectivity index (χ4n) is 1.93. The first-order valence-corrected chi connectivity index (χ1v) is 6.19. The molecule has 1 saturated heterocycles. The Morgan fingerprint density at radius 1 is 1.12 bits per heavy atom. The van der Waals surface area contributed by atoms with Crippen molar-refractivity contribution in [3.63, 3.8) is 0 Å². The Balaban J connectivity index is 2.13. The average Bonchev–Trinajstić information content (AvgIpc) is 2.15. The molecule has 1 aromatic carbocycles. The molecule has 1 N–H and O–H groups in total. The number of halogens is 2. The van der Waals surface area contributed by atoms with E-state index in [1.807, 2.05) is 0 Å². The summed E-state index contributed by atoms with van der Waals surface area (Å²) in [5.74, 6) is 0.752. The Hall–Kier alpha value is -0.440. The van der Waals surface area contributed by atoms with Crippen molar-refractivity contribution in [3.8, 4) is 5.75 Å². The second kappa shape index (κ2) is 4.82. The van der Waals surface area contributed by atoms with E-state index in [1.54, 1.807) is 18.2 Å². The average molecular weight is 260 g/mol. The minimum absolute atomic E-state index is 0.112. The Morgan fingerprint density at radius 3 is 2.25 bits per heavy atom. The first kappa shape index (κ1) is 12.0. The van der Waals surface area contributed by atoms with Crippen molar-refractivity contribution in [1.82, 2.24) is 5.32 Å². The molecule has 1 aliphatic heterocycles. The van der Waals surface area contributed by atoms with Crippen LogP contribution < -0.4 is 10.1 Å². The first-order chi connectivity index (χ1) is 7.57. The van der Waals surface area contributed by atoms with E-state index in [0.717, 1.165) is 31.7 Å². The van der Waals surface area contributed by atoms with Crippen molar-refractivity contribution in [1.29, 1.82) is 0 Å². The van der Waals surface area contributed by atoms with Gasteiger partial charge in [0.15, 0.2) is 0 Å². The molecule has 0 aromatic heterocycles. The normalized spacial score (nSPS) is 19.4. The molecule has 0 bridgehead atoms. The molecular formula is C12H15Cl2NO. The predicted octanol–water partition coefficient (Wildman–Crippen LogP) is 3.51. The standard InChI is InChI=1S/C12H15Cl2NO/c1-12(2-4-15-5-3-12)16-11-7-9(13)6-10(14)8-11/h6-8,15H,2-5H2,1H3. The molecule has 1 aliphatic rings. The van der Waals surface area contributed by atoms with Crippen molar-refractivity contribution in [2.45, 2.75) is 25.4 Å². The molecule has 88 valence electrons. The zero-order chi connectivity index (χ0) is 11.6. The van der Waals surface area contributed by atoms with Crippen molar-refractivity contribution >= 4 is 23.2 Å². The van der Waals surface area contributed by atoms with Gasteiger partial charge in [-0.2, -0.15) is 0 Å². The molecule has 0 unspecified atom stereocenters. The molecule has 0 radical (unpaired) electrons. The van der Waals surface area contributed by atoms with E-state index < -0.39 is 0 Å². The maximum Gasteiger partial charge on any atom is 0.123 e. The van der Waals surface area contributed by atoms with E-state index in [4.69, 9.17) is 27.9 Å². The van der Waals surface area contributed by atoms with Crippen LogP contribution in [0, 0.1) is 0 Å². The summed E-state index contributed by atoms with van der Waals surface area (Å²) >= 11 is 11.9. The van der Waals surface area contributed by atoms with E-state index in [-0.39, 0.29) is 5.60 Å². The number of nitrogens with one attached hydrogen (secondary N) is 1. The van der Waals surface area contributed by atoms with Gasteiger partial charge in [0.05, 0.1) is 0 Å². The zero-order valence-electron chi connectivity index (χ0n) is 9.22. The molecule has 0 saturated carbocycles. The molecule has 0 amide bonds. The molecule has 2 nitrogen and oxygen atoms in total. The highest BCUT2D eigenvalue weighted by atomic mass is 35.5. The lowest BCUT2D eigenvalue weighted by atomic mass is 9.94. The molecule has 1 aromatic rings. The monoisotopic (exact) mass is 259 g/mol. The Kier molecular flexibility index (Phi) is 3.63. The quantitative estimate of drug-likeness (QED) is 0.878. The van der Waals surface area contributed by atoms with Crippen molar-refractivity contribution in [2.24, 2.45) is 0 Å². The maximum absolute atomic E-state index is 6.00. The first-order valence-electron chi connectivity index (χ1n) is 5.43. The van der Waals surface area contributed by atoms with Crippen LogP contribution in [0.25, 0.3) is 0 Å². The molecule has 2 rings (SSSR count). The van der Waals surface area contributed by atoms with Crippen molar-refractivity contribution in [2.75, 3.05) is 13.1 Å². The second-order valence-corrected chi connectivity index (χ2v) is 5.28. The summed E-state index contributed by atoms with van der Waals surface area (Å²) in [7, 11) is 0. The van der Waals surface area contributed by atoms with Gasteiger partial charge in [0.1, 0.15) is 11.4 Å². The second-order valence-electron chi connectivity index (χ2n) is 4.41. The van der Waals surface area contributed by atoms with Crippen molar-refractivity contribution < 1.29 is 4.74 Å². The van der Waals surface area contributed by atoms with Gasteiger partial charge in [0, 0.05) is 10.0 Å². The summed E-state index contributed by atoms with van der Waals surface area (Å²) in [5.41, 5.74) is -0.112. The topological polar surface area (TPSA) is 21.3 Å². The SMILES string of the molecule is CC1(Oc2cc(Cl)cc(Cl)c2)CCNCC1. The van der Waals surface area contributed by atoms with Crippen LogP contribution in [-0.4, -0.2) is 18.7 Å². The fraction of sp³-hybridized carbons (Fsp3) is 0.500. The molecular weight excluding hydrogens is 245 g/mol. The van der Waals surface area contributed by atoms with Gasteiger partial charge in [0.2, 0.25) is 0 Å². The van der Waals surface area contributed by atoms with Crippen LogP contribution in [0.5, 0.6) is 5.75 Å². The van der Waals surface area contributed by atoms with Gasteiger partial charge < -0.3 is 10.1 Å². The molecule has 0 aliphatic carbocycles. The summed E-state index contributed by atoms with van der Waals surface area (Å²) in [6.45, 7) is 4.11. The van der Waals surface area contributed by atoms with Crippen LogP contribution >= 0.6 is 23.2 Å². The van der Waals surface area contributed by atoms with Crippen LogP contribution in [0.15, 0.2) is 18.2 Å². The number of hydrogen-bond donors (Lipinski definition) is 1. The Bertz CT molecular complexity index is 355. The van der Waals surface area contributed by atoms with Gasteiger partial charge >= 0.3 is 0 Å². The highest BCUT2D eigenvalue weighted by Gasteiger charge is 2.28. The van der Waals surface area contributed by atoms with E-state index in [2.05, 4.69) is 12.2 Å². The van der Waals surface area contributed by atoms with E-state index >= 15 is 0 Å². The Labute approximate surface area is 106 Å². The number of ether oxygens (including phenoxy) is 1. The van der Waals surface area contributed by atoms with E-state index in [1.165, 1.54) is 0 Å². The molecule has 0 atom stereocenters. The summed E-state index contributed by atoms with van der Waals surface area (Å²) in [6.07, 6.45) is 1.99. The third-order valence-electron chi connectivity index (χ3n) is 2.86. The fourth-order valence-corrected chi connectivity index (χ4v) is 2.44. The molecule has 1 heterocycles. The summed E-state index contributed by atoms with van der Waals surface area (Å²) < 4.78 is 6.00. The van der Waals surface area contributed by atoms with Crippen LogP contribution in [0.4, 0.5) is 0 Å². The van der Waals surface area contributed by atoms with Crippen LogP contribution in [0.2, 0.25) is 10.0 Å². The van der Waals surface area contributed by atoms with Gasteiger partial charge in [-0.25, -0.2) is 0 Å². The third kappa shape index (κ3) is 3.03. The largest absolute Gasteiger partial charge is 0.487 e. The molecule has 1 fully saturated rings. The number of benzene rings is 1. The van der Waals surface area contributed by atoms with Crippen LogP contribution in [0.3, 0.4) is 0 Å². The molecule has 4 heteroatoms. The van der Waals surface area contributed by atoms with Gasteiger partial charge in [-0.15, -0.1) is 0 Å². The van der Waals surface area contributed by atoms with Gasteiger partial charge in [-0.05, 0) is 51.1 Å². The lowest BCUT2D eigenvalue weighted by Gasteiger charge is -2.34. The summed E-state index contributed by atoms with van der Waals surface area (Å²) in [4.78, 5) is 0. The smallest absolute Gasteiger partial charge is 0.123 e. The summed E-state index contributed by atoms with van der Waals surface area (Å²) in [5, 5.41) is 4.54. The van der Waals surface area contributed by atoms with E-state index in [9.17, 15) is 0 Å².